The summed E-state index contributed by atoms with van der Waals surface area (Å²) in [4.78, 5) is 25.4. The molecule has 0 aromatic carbocycles. The van der Waals surface area contributed by atoms with Crippen LogP contribution in [0.1, 0.15) is 29.8 Å². The minimum atomic E-state index is -0.261. The normalized spacial score (nSPS) is 16.3. The molecule has 1 aromatic heterocycles. The lowest BCUT2D eigenvalue weighted by Crippen LogP contribution is -2.32. The molecule has 0 unspecified atom stereocenters. The summed E-state index contributed by atoms with van der Waals surface area (Å²) >= 11 is 0. The van der Waals surface area contributed by atoms with Gasteiger partial charge in [-0.2, -0.15) is 0 Å². The molecule has 1 aromatic rings. The maximum Gasteiger partial charge on any atom is 0.267 e. The number of ether oxygens (including phenoxy) is 1. The molecule has 5 nitrogen and oxygen atoms in total. The first-order chi connectivity index (χ1) is 8.65. The Hall–Kier alpha value is -1.62. The van der Waals surface area contributed by atoms with Crippen LogP contribution < -0.4 is 10.9 Å². The quantitative estimate of drug-likeness (QED) is 0.788. The minimum Gasteiger partial charge on any atom is -0.385 e. The Morgan fingerprint density at radius 3 is 2.89 bits per heavy atom. The molecule has 1 saturated carbocycles. The monoisotopic (exact) mass is 250 g/mol. The van der Waals surface area contributed by atoms with Crippen LogP contribution >= 0.6 is 0 Å². The summed E-state index contributed by atoms with van der Waals surface area (Å²) in [5, 5.41) is 2.87. The van der Waals surface area contributed by atoms with Crippen molar-refractivity contribution in [2.45, 2.75) is 19.3 Å². The number of carbonyl (C=O) groups excluding carboxylic acids is 1. The number of hydrogen-bond donors (Lipinski definition) is 2. The van der Waals surface area contributed by atoms with E-state index in [1.807, 2.05) is 0 Å². The molecule has 2 rings (SSSR count). The molecule has 5 heteroatoms. The van der Waals surface area contributed by atoms with Gasteiger partial charge in [-0.25, -0.2) is 0 Å². The van der Waals surface area contributed by atoms with Crippen LogP contribution in [0.15, 0.2) is 23.0 Å². The molecular weight excluding hydrogens is 232 g/mol. The largest absolute Gasteiger partial charge is 0.385 e. The summed E-state index contributed by atoms with van der Waals surface area (Å²) in [6.45, 7) is 1.37. The smallest absolute Gasteiger partial charge is 0.267 e. The van der Waals surface area contributed by atoms with Crippen molar-refractivity contribution in [3.05, 3.63) is 34.2 Å². The van der Waals surface area contributed by atoms with Gasteiger partial charge in [0, 0.05) is 26.3 Å². The van der Waals surface area contributed by atoms with Crippen molar-refractivity contribution in [3.63, 3.8) is 0 Å². The second-order valence-corrected chi connectivity index (χ2v) is 4.85. The zero-order chi connectivity index (χ0) is 13.0. The highest BCUT2D eigenvalue weighted by Gasteiger charge is 2.42. The van der Waals surface area contributed by atoms with E-state index in [0.29, 0.717) is 12.2 Å². The number of methoxy groups -OCH3 is 1. The molecule has 1 heterocycles. The van der Waals surface area contributed by atoms with Crippen LogP contribution in [0.3, 0.4) is 0 Å². The highest BCUT2D eigenvalue weighted by atomic mass is 16.5. The van der Waals surface area contributed by atoms with Crippen molar-refractivity contribution in [3.8, 4) is 0 Å². The fourth-order valence-electron chi connectivity index (χ4n) is 1.95. The average Bonchev–Trinajstić information content (AvgIpc) is 3.14. The second-order valence-electron chi connectivity index (χ2n) is 4.85. The summed E-state index contributed by atoms with van der Waals surface area (Å²) in [5.74, 6) is -0.226. The van der Waals surface area contributed by atoms with E-state index in [9.17, 15) is 9.59 Å². The van der Waals surface area contributed by atoms with Gasteiger partial charge >= 0.3 is 0 Å². The summed E-state index contributed by atoms with van der Waals surface area (Å²) in [5.41, 5.74) is 0.258. The number of amides is 1. The first-order valence-corrected chi connectivity index (χ1v) is 6.12. The van der Waals surface area contributed by atoms with Crippen LogP contribution in [0.25, 0.3) is 0 Å². The van der Waals surface area contributed by atoms with Crippen molar-refractivity contribution in [2.24, 2.45) is 5.41 Å². The first-order valence-electron chi connectivity index (χ1n) is 6.12. The second kappa shape index (κ2) is 5.35. The number of aromatic amines is 1. The van der Waals surface area contributed by atoms with Crippen LogP contribution in [-0.2, 0) is 4.74 Å². The van der Waals surface area contributed by atoms with Gasteiger partial charge < -0.3 is 15.0 Å². The molecule has 0 bridgehead atoms. The number of carbonyl (C=O) groups is 1. The number of nitrogens with one attached hydrogen (secondary N) is 2. The molecule has 1 aliphatic carbocycles. The molecule has 18 heavy (non-hydrogen) atoms. The summed E-state index contributed by atoms with van der Waals surface area (Å²) in [6.07, 6.45) is 3.22. The number of rotatable bonds is 6. The predicted molar refractivity (Wildman–Crippen MR) is 67.6 cm³/mol. The molecule has 0 radical (unpaired) electrons. The van der Waals surface area contributed by atoms with Gasteiger partial charge in [0.2, 0.25) is 5.56 Å². The van der Waals surface area contributed by atoms with Crippen LogP contribution in [0, 0.1) is 5.41 Å². The minimum absolute atomic E-state index is 0.209. The van der Waals surface area contributed by atoms with Gasteiger partial charge in [0.1, 0.15) is 5.69 Å². The number of aromatic nitrogens is 1. The lowest BCUT2D eigenvalue weighted by Gasteiger charge is -2.15. The Kier molecular flexibility index (Phi) is 3.81. The molecule has 0 saturated heterocycles. The molecule has 98 valence electrons. The predicted octanol–water partition coefficient (Wildman–Crippen LogP) is 0.921. The highest BCUT2D eigenvalue weighted by Crippen LogP contribution is 2.48. The van der Waals surface area contributed by atoms with E-state index in [1.54, 1.807) is 19.2 Å². The van der Waals surface area contributed by atoms with E-state index < -0.39 is 0 Å². The molecule has 1 amide bonds. The lowest BCUT2D eigenvalue weighted by molar-refractivity contribution is 0.0932. The third-order valence-electron chi connectivity index (χ3n) is 3.43. The van der Waals surface area contributed by atoms with Crippen molar-refractivity contribution >= 4 is 5.91 Å². The van der Waals surface area contributed by atoms with Gasteiger partial charge in [0.05, 0.1) is 0 Å². The molecule has 0 spiro atoms. The van der Waals surface area contributed by atoms with Crippen LogP contribution in [0.4, 0.5) is 0 Å². The number of pyridine rings is 1. The Balaban J connectivity index is 1.87. The average molecular weight is 250 g/mol. The van der Waals surface area contributed by atoms with Crippen molar-refractivity contribution < 1.29 is 9.53 Å². The summed E-state index contributed by atoms with van der Waals surface area (Å²) in [7, 11) is 1.68. The maximum absolute atomic E-state index is 11.8. The van der Waals surface area contributed by atoms with Gasteiger partial charge in [0.25, 0.3) is 5.91 Å². The van der Waals surface area contributed by atoms with Gasteiger partial charge in [-0.1, -0.05) is 6.07 Å². The van der Waals surface area contributed by atoms with Gasteiger partial charge in [-0.05, 0) is 30.7 Å². The SMILES string of the molecule is COCCC1(CNC(=O)c2cccc(=O)[nH]2)CC1. The van der Waals surface area contributed by atoms with Crippen molar-refractivity contribution in [1.29, 1.82) is 0 Å². The Bertz CT molecular complexity index is 477. The van der Waals surface area contributed by atoms with E-state index in [4.69, 9.17) is 4.74 Å². The van der Waals surface area contributed by atoms with Crippen LogP contribution in [0.5, 0.6) is 0 Å². The van der Waals surface area contributed by atoms with E-state index in [2.05, 4.69) is 10.3 Å². The molecular formula is C13H18N2O3. The Morgan fingerprint density at radius 1 is 1.50 bits per heavy atom. The van der Waals surface area contributed by atoms with Gasteiger partial charge in [-0.3, -0.25) is 9.59 Å². The summed E-state index contributed by atoms with van der Waals surface area (Å²) in [6, 6.07) is 4.56. The molecule has 0 atom stereocenters. The number of H-pyrrole nitrogens is 1. The molecule has 2 N–H and O–H groups in total. The fourth-order valence-corrected chi connectivity index (χ4v) is 1.95. The van der Waals surface area contributed by atoms with Crippen LogP contribution in [0.2, 0.25) is 0 Å². The third-order valence-corrected chi connectivity index (χ3v) is 3.43. The van der Waals surface area contributed by atoms with Crippen molar-refractivity contribution in [1.82, 2.24) is 10.3 Å². The summed E-state index contributed by atoms with van der Waals surface area (Å²) < 4.78 is 5.06. The highest BCUT2D eigenvalue weighted by molar-refractivity contribution is 5.92. The van der Waals surface area contributed by atoms with E-state index >= 15 is 0 Å². The molecule has 1 aliphatic rings. The van der Waals surface area contributed by atoms with E-state index in [1.165, 1.54) is 6.07 Å². The zero-order valence-corrected chi connectivity index (χ0v) is 10.5. The lowest BCUT2D eigenvalue weighted by atomic mass is 10.0. The number of hydrogen-bond acceptors (Lipinski definition) is 3. The van der Waals surface area contributed by atoms with Gasteiger partial charge in [0.15, 0.2) is 0 Å². The molecule has 1 fully saturated rings. The van der Waals surface area contributed by atoms with E-state index in [-0.39, 0.29) is 16.9 Å². The van der Waals surface area contributed by atoms with Gasteiger partial charge in [-0.15, -0.1) is 0 Å². The topological polar surface area (TPSA) is 71.2 Å². The van der Waals surface area contributed by atoms with Crippen LogP contribution in [-0.4, -0.2) is 31.2 Å². The third kappa shape index (κ3) is 3.20. The Morgan fingerprint density at radius 2 is 2.28 bits per heavy atom. The van der Waals surface area contributed by atoms with Crippen molar-refractivity contribution in [2.75, 3.05) is 20.3 Å². The molecule has 0 aliphatic heterocycles. The fraction of sp³-hybridized carbons (Fsp3) is 0.538. The van der Waals surface area contributed by atoms with E-state index in [0.717, 1.165) is 25.9 Å². The Labute approximate surface area is 106 Å². The maximum atomic E-state index is 11.8. The standard InChI is InChI=1S/C13H18N2O3/c1-18-8-7-13(5-6-13)9-14-12(17)10-3-2-4-11(16)15-10/h2-4H,5-9H2,1H3,(H,14,17)(H,15,16). The first kappa shape index (κ1) is 12.8. The zero-order valence-electron chi connectivity index (χ0n) is 10.5.